The summed E-state index contributed by atoms with van der Waals surface area (Å²) < 4.78 is 16.9. The van der Waals surface area contributed by atoms with Crippen LogP contribution in [-0.4, -0.2) is 37.3 Å². The first-order chi connectivity index (χ1) is 11.5. The monoisotopic (exact) mass is 352 g/mol. The first-order valence-electron chi connectivity index (χ1n) is 6.82. The molecule has 0 amide bonds. The molecule has 24 heavy (non-hydrogen) atoms. The maximum absolute atomic E-state index is 11.7. The van der Waals surface area contributed by atoms with Gasteiger partial charge in [-0.1, -0.05) is 11.6 Å². The summed E-state index contributed by atoms with van der Waals surface area (Å²) in [5, 5.41) is 7.93. The van der Waals surface area contributed by atoms with E-state index in [0.717, 1.165) is 4.68 Å². The summed E-state index contributed by atoms with van der Waals surface area (Å²) in [7, 11) is 6.10. The molecule has 0 bridgehead atoms. The lowest BCUT2D eigenvalue weighted by molar-refractivity contribution is 0.324. The smallest absolute Gasteiger partial charge is 0.287 e. The summed E-state index contributed by atoms with van der Waals surface area (Å²) in [6.07, 6.45) is 2.94. The third-order valence-corrected chi connectivity index (χ3v) is 3.53. The van der Waals surface area contributed by atoms with E-state index >= 15 is 0 Å². The van der Waals surface area contributed by atoms with Crippen LogP contribution in [0, 0.1) is 0 Å². The van der Waals surface area contributed by atoms with Crippen LogP contribution in [-0.2, 0) is 7.05 Å². The molecule has 8 nitrogen and oxygen atoms in total. The van der Waals surface area contributed by atoms with Crippen LogP contribution in [0.25, 0.3) is 0 Å². The fourth-order valence-electron chi connectivity index (χ4n) is 1.94. The van der Waals surface area contributed by atoms with Crippen LogP contribution in [0.1, 0.15) is 5.56 Å². The Balaban J connectivity index is 2.27. The molecule has 0 fully saturated rings. The second kappa shape index (κ2) is 7.69. The summed E-state index contributed by atoms with van der Waals surface area (Å²) >= 11 is 5.95. The topological polar surface area (TPSA) is 87.0 Å². The number of hydrogen-bond acceptors (Lipinski definition) is 7. The molecule has 1 N–H and O–H groups in total. The van der Waals surface area contributed by atoms with Gasteiger partial charge in [0.2, 0.25) is 5.75 Å². The first kappa shape index (κ1) is 17.6. The lowest BCUT2D eigenvalue weighted by Crippen LogP contribution is -2.20. The molecular weight excluding hydrogens is 336 g/mol. The standard InChI is InChI=1S/C15H17ClN4O4/c1-20-15(21)13(16)10(8-18-20)19-17-7-9-5-11(22-2)14(24-4)12(6-9)23-3/h5-8,19H,1-4H3/b17-7-. The van der Waals surface area contributed by atoms with Crippen molar-refractivity contribution in [1.82, 2.24) is 9.78 Å². The Bertz CT molecular complexity index is 795. The van der Waals surface area contributed by atoms with Crippen molar-refractivity contribution in [1.29, 1.82) is 0 Å². The highest BCUT2D eigenvalue weighted by Crippen LogP contribution is 2.37. The van der Waals surface area contributed by atoms with E-state index in [1.165, 1.54) is 40.8 Å². The zero-order valence-corrected chi connectivity index (χ0v) is 14.4. The third kappa shape index (κ3) is 3.60. The average molecular weight is 353 g/mol. The molecule has 0 saturated carbocycles. The van der Waals surface area contributed by atoms with Crippen LogP contribution < -0.4 is 25.2 Å². The van der Waals surface area contributed by atoms with Crippen molar-refractivity contribution < 1.29 is 14.2 Å². The van der Waals surface area contributed by atoms with Crippen LogP contribution in [0.3, 0.4) is 0 Å². The van der Waals surface area contributed by atoms with E-state index in [-0.39, 0.29) is 5.02 Å². The minimum Gasteiger partial charge on any atom is -0.493 e. The van der Waals surface area contributed by atoms with E-state index in [0.29, 0.717) is 28.5 Å². The molecule has 128 valence electrons. The lowest BCUT2D eigenvalue weighted by Gasteiger charge is -2.12. The minimum atomic E-state index is -0.412. The Labute approximate surface area is 143 Å². The van der Waals surface area contributed by atoms with E-state index in [4.69, 9.17) is 25.8 Å². The second-order valence-electron chi connectivity index (χ2n) is 4.63. The fourth-order valence-corrected chi connectivity index (χ4v) is 2.15. The molecule has 0 aliphatic heterocycles. The molecule has 1 aromatic carbocycles. The Kier molecular flexibility index (Phi) is 5.64. The Morgan fingerprint density at radius 3 is 2.38 bits per heavy atom. The lowest BCUT2D eigenvalue weighted by atomic mass is 10.2. The van der Waals surface area contributed by atoms with Gasteiger partial charge in [0.15, 0.2) is 11.5 Å². The van der Waals surface area contributed by atoms with Gasteiger partial charge in [0.25, 0.3) is 5.56 Å². The van der Waals surface area contributed by atoms with Gasteiger partial charge in [0.05, 0.1) is 33.7 Å². The quantitative estimate of drug-likeness (QED) is 0.631. The molecule has 9 heteroatoms. The Morgan fingerprint density at radius 2 is 1.83 bits per heavy atom. The Morgan fingerprint density at radius 1 is 1.21 bits per heavy atom. The van der Waals surface area contributed by atoms with Gasteiger partial charge >= 0.3 is 0 Å². The number of aryl methyl sites for hydroxylation is 1. The van der Waals surface area contributed by atoms with Gasteiger partial charge < -0.3 is 14.2 Å². The fraction of sp³-hybridized carbons (Fsp3) is 0.267. The molecular formula is C15H17ClN4O4. The molecule has 0 saturated heterocycles. The summed E-state index contributed by atoms with van der Waals surface area (Å²) in [5.74, 6) is 1.50. The van der Waals surface area contributed by atoms with Crippen LogP contribution >= 0.6 is 11.6 Å². The molecule has 0 aliphatic carbocycles. The number of hydrazone groups is 1. The second-order valence-corrected chi connectivity index (χ2v) is 5.01. The van der Waals surface area contributed by atoms with Crippen molar-refractivity contribution >= 4 is 23.5 Å². The molecule has 0 atom stereocenters. The molecule has 2 rings (SSSR count). The van der Waals surface area contributed by atoms with E-state index < -0.39 is 5.56 Å². The van der Waals surface area contributed by atoms with Crippen LogP contribution in [0.15, 0.2) is 28.2 Å². The number of hydrogen-bond donors (Lipinski definition) is 1. The summed E-state index contributed by atoms with van der Waals surface area (Å²) in [6.45, 7) is 0. The van der Waals surface area contributed by atoms with Crippen LogP contribution in [0.4, 0.5) is 5.69 Å². The largest absolute Gasteiger partial charge is 0.493 e. The van der Waals surface area contributed by atoms with E-state index in [2.05, 4.69) is 15.6 Å². The number of nitrogens with zero attached hydrogens (tertiary/aromatic N) is 3. The molecule has 0 aliphatic rings. The van der Waals surface area contributed by atoms with Gasteiger partial charge in [-0.25, -0.2) is 4.68 Å². The van der Waals surface area contributed by atoms with Crippen LogP contribution in [0.5, 0.6) is 17.2 Å². The van der Waals surface area contributed by atoms with Gasteiger partial charge in [0.1, 0.15) is 10.7 Å². The molecule has 0 spiro atoms. The molecule has 0 unspecified atom stereocenters. The number of nitrogens with one attached hydrogen (secondary N) is 1. The summed E-state index contributed by atoms with van der Waals surface area (Å²) in [4.78, 5) is 11.7. The van der Waals surface area contributed by atoms with Crippen LogP contribution in [0.2, 0.25) is 5.02 Å². The number of anilines is 1. The molecule has 1 aromatic heterocycles. The molecule has 1 heterocycles. The highest BCUT2D eigenvalue weighted by atomic mass is 35.5. The Hall–Kier alpha value is -2.74. The third-order valence-electron chi connectivity index (χ3n) is 3.16. The first-order valence-corrected chi connectivity index (χ1v) is 7.20. The zero-order valence-electron chi connectivity index (χ0n) is 13.7. The van der Waals surface area contributed by atoms with E-state index in [1.807, 2.05) is 0 Å². The van der Waals surface area contributed by atoms with Gasteiger partial charge in [-0.2, -0.15) is 10.2 Å². The average Bonchev–Trinajstić information content (AvgIpc) is 2.60. The number of rotatable bonds is 6. The molecule has 2 aromatic rings. The molecule has 0 radical (unpaired) electrons. The van der Waals surface area contributed by atoms with E-state index in [1.54, 1.807) is 12.1 Å². The van der Waals surface area contributed by atoms with Crippen molar-refractivity contribution in [3.63, 3.8) is 0 Å². The van der Waals surface area contributed by atoms with Crippen molar-refractivity contribution in [3.8, 4) is 17.2 Å². The van der Waals surface area contributed by atoms with Gasteiger partial charge in [-0.05, 0) is 12.1 Å². The normalized spacial score (nSPS) is 10.7. The maximum Gasteiger partial charge on any atom is 0.287 e. The SMILES string of the molecule is COc1cc(/C=N\Nc2cnn(C)c(=O)c2Cl)cc(OC)c1OC. The van der Waals surface area contributed by atoms with Crippen molar-refractivity contribution in [2.45, 2.75) is 0 Å². The zero-order chi connectivity index (χ0) is 17.7. The predicted octanol–water partition coefficient (Wildman–Crippen LogP) is 1.91. The predicted molar refractivity (Wildman–Crippen MR) is 91.8 cm³/mol. The number of benzene rings is 1. The van der Waals surface area contributed by atoms with E-state index in [9.17, 15) is 4.79 Å². The van der Waals surface area contributed by atoms with Gasteiger partial charge in [0, 0.05) is 12.6 Å². The summed E-state index contributed by atoms with van der Waals surface area (Å²) in [5.41, 5.74) is 3.28. The van der Waals surface area contributed by atoms with Crippen molar-refractivity contribution in [2.24, 2.45) is 12.1 Å². The summed E-state index contributed by atoms with van der Waals surface area (Å²) in [6, 6.07) is 3.47. The number of methoxy groups -OCH3 is 3. The number of aromatic nitrogens is 2. The number of ether oxygens (including phenoxy) is 3. The van der Waals surface area contributed by atoms with Crippen molar-refractivity contribution in [3.05, 3.63) is 39.3 Å². The minimum absolute atomic E-state index is 0.00884. The number of halogens is 1. The maximum atomic E-state index is 11.7. The van der Waals surface area contributed by atoms with Gasteiger partial charge in [-0.15, -0.1) is 0 Å². The van der Waals surface area contributed by atoms with Crippen molar-refractivity contribution in [2.75, 3.05) is 26.8 Å². The highest BCUT2D eigenvalue weighted by Gasteiger charge is 2.12. The van der Waals surface area contributed by atoms with Gasteiger partial charge in [-0.3, -0.25) is 10.2 Å². The highest BCUT2D eigenvalue weighted by molar-refractivity contribution is 6.32.